The van der Waals surface area contributed by atoms with Gasteiger partial charge in [0.2, 0.25) is 10.0 Å². The molecule has 2 aromatic carbocycles. The molecule has 1 N–H and O–H groups in total. The Labute approximate surface area is 167 Å². The van der Waals surface area contributed by atoms with Gasteiger partial charge in [-0.1, -0.05) is 55.8 Å². The van der Waals surface area contributed by atoms with Crippen LogP contribution in [0, 0.1) is 12.8 Å². The lowest BCUT2D eigenvalue weighted by molar-refractivity contribution is -0.0597. The molecule has 27 heavy (non-hydrogen) atoms. The van der Waals surface area contributed by atoms with Crippen LogP contribution < -0.4 is 0 Å². The molecule has 0 aliphatic heterocycles. The summed E-state index contributed by atoms with van der Waals surface area (Å²) in [7, 11) is -3.92. The first-order chi connectivity index (χ1) is 12.7. The monoisotopic (exact) mass is 408 g/mol. The predicted octanol–water partition coefficient (Wildman–Crippen LogP) is 4.53. The number of halogens is 1. The van der Waals surface area contributed by atoms with Crippen molar-refractivity contribution in [3.8, 4) is 0 Å². The standard InChI is InChI=1S/C21H27ClNO3S/c1-4-21(24,16-18-8-6-5-7-9-18)23(15-14-17(2)3)27(25,26)20-12-10-19(22)11-13-20/h5-13,17,24H,1,4,14-16H2,2-3H3. The number of benzene rings is 2. The van der Waals surface area contributed by atoms with Crippen molar-refractivity contribution in [1.82, 2.24) is 4.31 Å². The summed E-state index contributed by atoms with van der Waals surface area (Å²) in [4.78, 5) is 0.107. The third-order valence-electron chi connectivity index (χ3n) is 4.51. The van der Waals surface area contributed by atoms with Crippen molar-refractivity contribution in [1.29, 1.82) is 0 Å². The molecule has 0 heterocycles. The Balaban J connectivity index is 2.45. The van der Waals surface area contributed by atoms with E-state index in [1.54, 1.807) is 0 Å². The lowest BCUT2D eigenvalue weighted by Gasteiger charge is -2.38. The first-order valence-electron chi connectivity index (χ1n) is 9.03. The summed E-state index contributed by atoms with van der Waals surface area (Å²) < 4.78 is 27.9. The topological polar surface area (TPSA) is 57.6 Å². The van der Waals surface area contributed by atoms with Crippen molar-refractivity contribution < 1.29 is 13.5 Å². The first-order valence-corrected chi connectivity index (χ1v) is 10.8. The normalized spacial score (nSPS) is 14.5. The molecule has 2 aromatic rings. The van der Waals surface area contributed by atoms with E-state index in [4.69, 9.17) is 11.6 Å². The Bertz CT molecular complexity index is 822. The van der Waals surface area contributed by atoms with Crippen LogP contribution in [0.3, 0.4) is 0 Å². The third kappa shape index (κ3) is 5.55. The van der Waals surface area contributed by atoms with Gasteiger partial charge in [-0.15, -0.1) is 0 Å². The Kier molecular flexibility index (Phi) is 7.46. The van der Waals surface area contributed by atoms with Gasteiger partial charge in [0.15, 0.2) is 0 Å². The Morgan fingerprint density at radius 1 is 1.11 bits per heavy atom. The quantitative estimate of drug-likeness (QED) is 0.620. The minimum atomic E-state index is -3.92. The lowest BCUT2D eigenvalue weighted by atomic mass is 9.99. The second kappa shape index (κ2) is 9.20. The van der Waals surface area contributed by atoms with Gasteiger partial charge in [-0.25, -0.2) is 8.42 Å². The van der Waals surface area contributed by atoms with Crippen molar-refractivity contribution in [2.24, 2.45) is 5.92 Å². The number of rotatable bonds is 9. The molecule has 2 rings (SSSR count). The molecule has 1 unspecified atom stereocenters. The second-order valence-electron chi connectivity index (χ2n) is 7.11. The highest BCUT2D eigenvalue weighted by Crippen LogP contribution is 2.30. The molecule has 6 heteroatoms. The smallest absolute Gasteiger partial charge is 0.245 e. The maximum Gasteiger partial charge on any atom is 0.245 e. The maximum absolute atomic E-state index is 13.3. The minimum Gasteiger partial charge on any atom is -0.374 e. The van der Waals surface area contributed by atoms with Gasteiger partial charge in [0.1, 0.15) is 5.72 Å². The van der Waals surface area contributed by atoms with Crippen LogP contribution in [0.15, 0.2) is 59.5 Å². The number of sulfonamides is 1. The number of hydrogen-bond acceptors (Lipinski definition) is 3. The summed E-state index contributed by atoms with van der Waals surface area (Å²) in [6.45, 7) is 8.10. The zero-order chi connectivity index (χ0) is 20.1. The summed E-state index contributed by atoms with van der Waals surface area (Å²) in [6.07, 6.45) is 0.832. The van der Waals surface area contributed by atoms with E-state index >= 15 is 0 Å². The Hall–Kier alpha value is -1.40. The molecule has 1 radical (unpaired) electrons. The van der Waals surface area contributed by atoms with Crippen LogP contribution in [0.1, 0.15) is 32.3 Å². The van der Waals surface area contributed by atoms with E-state index in [0.717, 1.165) is 5.56 Å². The summed E-state index contributed by atoms with van der Waals surface area (Å²) in [5.41, 5.74) is -0.765. The fraction of sp³-hybridized carbons (Fsp3) is 0.381. The van der Waals surface area contributed by atoms with Gasteiger partial charge in [0, 0.05) is 18.0 Å². The number of hydrogen-bond donors (Lipinski definition) is 1. The summed E-state index contributed by atoms with van der Waals surface area (Å²) in [5.74, 6) is 0.290. The molecule has 0 amide bonds. The fourth-order valence-corrected chi connectivity index (χ4v) is 4.69. The molecule has 0 aliphatic carbocycles. The minimum absolute atomic E-state index is 0.0345. The molecular weight excluding hydrogens is 382 g/mol. The van der Waals surface area contributed by atoms with Gasteiger partial charge in [0.05, 0.1) is 4.90 Å². The van der Waals surface area contributed by atoms with Gasteiger partial charge >= 0.3 is 0 Å². The van der Waals surface area contributed by atoms with Gasteiger partial charge in [-0.05, 0) is 55.5 Å². The predicted molar refractivity (Wildman–Crippen MR) is 110 cm³/mol. The van der Waals surface area contributed by atoms with E-state index < -0.39 is 15.7 Å². The van der Waals surface area contributed by atoms with Gasteiger partial charge in [0.25, 0.3) is 0 Å². The van der Waals surface area contributed by atoms with Crippen molar-refractivity contribution in [3.63, 3.8) is 0 Å². The summed E-state index contributed by atoms with van der Waals surface area (Å²) >= 11 is 5.90. The molecule has 0 fully saturated rings. The van der Waals surface area contributed by atoms with E-state index in [9.17, 15) is 13.5 Å². The van der Waals surface area contributed by atoms with Crippen molar-refractivity contribution in [2.45, 2.75) is 43.7 Å². The molecule has 0 aromatic heterocycles. The SMILES string of the molecule is [CH2]CC(O)(Cc1ccccc1)N(CCC(C)C)S(=O)(=O)c1ccc(Cl)cc1. The molecule has 0 saturated carbocycles. The van der Waals surface area contributed by atoms with E-state index in [-0.39, 0.29) is 24.3 Å². The highest BCUT2D eigenvalue weighted by atomic mass is 35.5. The average Bonchev–Trinajstić information content (AvgIpc) is 2.62. The van der Waals surface area contributed by atoms with Crippen molar-refractivity contribution in [3.05, 3.63) is 72.1 Å². The molecule has 0 saturated heterocycles. The molecule has 1 atom stereocenters. The summed E-state index contributed by atoms with van der Waals surface area (Å²) in [5, 5.41) is 11.8. The van der Waals surface area contributed by atoms with Crippen LogP contribution in [0.5, 0.6) is 0 Å². The number of aliphatic hydroxyl groups is 1. The van der Waals surface area contributed by atoms with Gasteiger partial charge in [-0.2, -0.15) is 4.31 Å². The van der Waals surface area contributed by atoms with E-state index in [0.29, 0.717) is 17.4 Å². The summed E-state index contributed by atoms with van der Waals surface area (Å²) in [6, 6.07) is 15.4. The highest BCUT2D eigenvalue weighted by Gasteiger charge is 2.41. The third-order valence-corrected chi connectivity index (χ3v) is 6.73. The molecule has 4 nitrogen and oxygen atoms in total. The van der Waals surface area contributed by atoms with Crippen molar-refractivity contribution >= 4 is 21.6 Å². The van der Waals surface area contributed by atoms with E-state index in [1.165, 1.54) is 28.6 Å². The first kappa shape index (κ1) is 21.9. The van der Waals surface area contributed by atoms with Crippen LogP contribution >= 0.6 is 11.6 Å². The largest absolute Gasteiger partial charge is 0.374 e. The number of nitrogens with zero attached hydrogens (tertiary/aromatic N) is 1. The van der Waals surface area contributed by atoms with Crippen LogP contribution in [-0.4, -0.2) is 30.1 Å². The van der Waals surface area contributed by atoms with Crippen LogP contribution in [-0.2, 0) is 16.4 Å². The molecule has 0 spiro atoms. The van der Waals surface area contributed by atoms with E-state index in [2.05, 4.69) is 6.92 Å². The van der Waals surface area contributed by atoms with Crippen LogP contribution in [0.25, 0.3) is 0 Å². The molecular formula is C21H27ClNO3S. The van der Waals surface area contributed by atoms with Crippen molar-refractivity contribution in [2.75, 3.05) is 6.54 Å². The zero-order valence-corrected chi connectivity index (χ0v) is 17.4. The van der Waals surface area contributed by atoms with Crippen LogP contribution in [0.4, 0.5) is 0 Å². The molecule has 0 bridgehead atoms. The Morgan fingerprint density at radius 3 is 2.22 bits per heavy atom. The average molecular weight is 409 g/mol. The fourth-order valence-electron chi connectivity index (χ4n) is 2.89. The van der Waals surface area contributed by atoms with Gasteiger partial charge < -0.3 is 5.11 Å². The maximum atomic E-state index is 13.3. The Morgan fingerprint density at radius 2 is 1.70 bits per heavy atom. The molecule has 0 aliphatic rings. The van der Waals surface area contributed by atoms with Gasteiger partial charge in [-0.3, -0.25) is 0 Å². The second-order valence-corrected chi connectivity index (χ2v) is 9.41. The lowest BCUT2D eigenvalue weighted by Crippen LogP contribution is -2.53. The van der Waals surface area contributed by atoms with Crippen LogP contribution in [0.2, 0.25) is 5.02 Å². The highest BCUT2D eigenvalue weighted by molar-refractivity contribution is 7.89. The zero-order valence-electron chi connectivity index (χ0n) is 15.8. The molecule has 147 valence electrons. The van der Waals surface area contributed by atoms with E-state index in [1.807, 2.05) is 44.2 Å².